The Bertz CT molecular complexity index is 1980. The highest BCUT2D eigenvalue weighted by molar-refractivity contribution is 7.89. The minimum atomic E-state index is -4.95. The second-order valence-electron chi connectivity index (χ2n) is 10.1. The number of hydrogen-bond donors (Lipinski definition) is 1. The third-order valence-corrected chi connectivity index (χ3v) is 9.73. The summed E-state index contributed by atoms with van der Waals surface area (Å²) in [5.74, 6) is -1.48. The van der Waals surface area contributed by atoms with Crippen LogP contribution in [0.4, 0.5) is 44.6 Å². The van der Waals surface area contributed by atoms with Crippen LogP contribution in [0.2, 0.25) is 0 Å². The molecule has 22 heteroatoms. The minimum absolute atomic E-state index is 0.0939. The summed E-state index contributed by atoms with van der Waals surface area (Å²) in [6.07, 6.45) is -14.6. The number of carbonyl (C=O) groups excluding carboxylic acids is 1. The van der Waals surface area contributed by atoms with Gasteiger partial charge < -0.3 is 15.0 Å². The van der Waals surface area contributed by atoms with Crippen LogP contribution in [0, 0.1) is 0 Å². The van der Waals surface area contributed by atoms with Crippen molar-refractivity contribution in [2.45, 2.75) is 36.2 Å². The maximum Gasteiger partial charge on any atom is 0.573 e. The number of rotatable bonds is 7. The molecule has 0 radical (unpaired) electrons. The van der Waals surface area contributed by atoms with E-state index in [0.717, 1.165) is 16.4 Å². The molecule has 0 unspecified atom stereocenters. The number of hydrogen-bond acceptors (Lipinski definition) is 9. The Hall–Kier alpha value is -4.44. The van der Waals surface area contributed by atoms with Gasteiger partial charge in [-0.3, -0.25) is 9.59 Å². The molecule has 0 bridgehead atoms. The molecule has 0 saturated carbocycles. The van der Waals surface area contributed by atoms with Crippen LogP contribution in [0.15, 0.2) is 64.3 Å². The van der Waals surface area contributed by atoms with Crippen molar-refractivity contribution in [1.82, 2.24) is 24.2 Å². The molecule has 2 aromatic carbocycles. The highest BCUT2D eigenvalue weighted by Crippen LogP contribution is 2.33. The van der Waals surface area contributed by atoms with Gasteiger partial charge in [0.25, 0.3) is 5.56 Å². The smallest absolute Gasteiger partial charge is 0.406 e. The molecule has 2 aromatic heterocycles. The fourth-order valence-corrected chi connectivity index (χ4v) is 7.09. The first kappa shape index (κ1) is 34.9. The Morgan fingerprint density at radius 1 is 0.938 bits per heavy atom. The molecule has 1 aliphatic heterocycles. The normalized spacial score (nSPS) is 16.7. The summed E-state index contributed by atoms with van der Waals surface area (Å²) in [5.41, 5.74) is -3.47. The fourth-order valence-electron chi connectivity index (χ4n) is 4.58. The van der Waals surface area contributed by atoms with Crippen molar-refractivity contribution in [3.05, 3.63) is 81.8 Å². The van der Waals surface area contributed by atoms with E-state index < -0.39 is 86.2 Å². The standard InChI is InChI=1S/C26H19F9N6O5S2/c27-24(28,29)15-3-7-17(8-4-15)48(44,45)40-10-9-39(23-38-41-20(42)11-19(25(30,31)32)37-22(41)47-23)13-18(40)21(43)36-12-14-1-5-16(6-2-14)46-26(33,34)35/h1-8,11,18H,9-10,12-13H2,(H,36,43)/t18-/m1/s1. The van der Waals surface area contributed by atoms with Gasteiger partial charge in [-0.05, 0) is 42.0 Å². The summed E-state index contributed by atoms with van der Waals surface area (Å²) in [4.78, 5) is 29.5. The number of sulfonamides is 1. The highest BCUT2D eigenvalue weighted by atomic mass is 32.2. The minimum Gasteiger partial charge on any atom is -0.406 e. The number of piperazine rings is 1. The lowest BCUT2D eigenvalue weighted by atomic mass is 10.2. The van der Waals surface area contributed by atoms with E-state index in [1.54, 1.807) is 0 Å². The molecule has 1 N–H and O–H groups in total. The number of anilines is 1. The third kappa shape index (κ3) is 7.65. The van der Waals surface area contributed by atoms with E-state index in [1.807, 2.05) is 0 Å². The largest absolute Gasteiger partial charge is 0.573 e. The second kappa shape index (κ2) is 12.5. The monoisotopic (exact) mass is 730 g/mol. The maximum absolute atomic E-state index is 13.6. The Morgan fingerprint density at radius 2 is 1.58 bits per heavy atom. The van der Waals surface area contributed by atoms with Crippen molar-refractivity contribution in [3.8, 4) is 5.75 Å². The van der Waals surface area contributed by atoms with Crippen LogP contribution in [-0.4, -0.2) is 65.3 Å². The lowest BCUT2D eigenvalue weighted by molar-refractivity contribution is -0.274. The lowest BCUT2D eigenvalue weighted by Crippen LogP contribution is -2.60. The fraction of sp³-hybridized carbons (Fsp3) is 0.308. The predicted molar refractivity (Wildman–Crippen MR) is 148 cm³/mol. The molecule has 4 aromatic rings. The molecular weight excluding hydrogens is 711 g/mol. The molecule has 1 aliphatic rings. The van der Waals surface area contributed by atoms with Crippen LogP contribution >= 0.6 is 11.3 Å². The van der Waals surface area contributed by atoms with Crippen molar-refractivity contribution in [2.24, 2.45) is 0 Å². The zero-order valence-corrected chi connectivity index (χ0v) is 25.2. The van der Waals surface area contributed by atoms with Crippen molar-refractivity contribution < 1.29 is 57.5 Å². The molecule has 258 valence electrons. The van der Waals surface area contributed by atoms with Crippen molar-refractivity contribution in [3.63, 3.8) is 0 Å². The van der Waals surface area contributed by atoms with Gasteiger partial charge in [-0.25, -0.2) is 13.4 Å². The number of halogens is 9. The Kier molecular flexibility index (Phi) is 9.11. The van der Waals surface area contributed by atoms with E-state index in [4.69, 9.17) is 0 Å². The summed E-state index contributed by atoms with van der Waals surface area (Å²) < 4.78 is 149. The van der Waals surface area contributed by atoms with E-state index in [9.17, 15) is 57.5 Å². The van der Waals surface area contributed by atoms with Gasteiger partial charge in [-0.2, -0.15) is 35.2 Å². The Balaban J connectivity index is 1.43. The van der Waals surface area contributed by atoms with Gasteiger partial charge in [0, 0.05) is 32.2 Å². The van der Waals surface area contributed by atoms with Crippen LogP contribution in [0.3, 0.4) is 0 Å². The lowest BCUT2D eigenvalue weighted by Gasteiger charge is -2.39. The van der Waals surface area contributed by atoms with Crippen molar-refractivity contribution in [2.75, 3.05) is 24.5 Å². The second-order valence-corrected chi connectivity index (χ2v) is 12.9. The number of nitrogens with one attached hydrogen (secondary N) is 1. The molecule has 1 fully saturated rings. The van der Waals surface area contributed by atoms with E-state index in [-0.39, 0.29) is 29.9 Å². The number of amides is 1. The van der Waals surface area contributed by atoms with Gasteiger partial charge in [0.1, 0.15) is 11.8 Å². The third-order valence-electron chi connectivity index (χ3n) is 6.84. The van der Waals surface area contributed by atoms with Gasteiger partial charge in [-0.15, -0.1) is 18.3 Å². The molecule has 11 nitrogen and oxygen atoms in total. The zero-order valence-electron chi connectivity index (χ0n) is 23.6. The van der Waals surface area contributed by atoms with Gasteiger partial charge in [0.15, 0.2) is 5.69 Å². The van der Waals surface area contributed by atoms with Crippen LogP contribution in [0.25, 0.3) is 4.96 Å². The first-order valence-corrected chi connectivity index (χ1v) is 15.5. The maximum atomic E-state index is 13.6. The van der Waals surface area contributed by atoms with E-state index in [1.165, 1.54) is 17.0 Å². The molecule has 3 heterocycles. The average molecular weight is 731 g/mol. The zero-order chi connectivity index (χ0) is 35.2. The average Bonchev–Trinajstić information content (AvgIpc) is 3.44. The quantitative estimate of drug-likeness (QED) is 0.280. The summed E-state index contributed by atoms with van der Waals surface area (Å²) in [6.45, 7) is -1.47. The molecule has 1 amide bonds. The van der Waals surface area contributed by atoms with Gasteiger partial charge in [0.05, 0.1) is 10.5 Å². The van der Waals surface area contributed by atoms with Crippen molar-refractivity contribution in [1.29, 1.82) is 0 Å². The van der Waals surface area contributed by atoms with E-state index in [2.05, 4.69) is 20.1 Å². The molecule has 1 atom stereocenters. The first-order valence-electron chi connectivity index (χ1n) is 13.3. The molecule has 48 heavy (non-hydrogen) atoms. The van der Waals surface area contributed by atoms with Crippen molar-refractivity contribution >= 4 is 37.4 Å². The van der Waals surface area contributed by atoms with Gasteiger partial charge >= 0.3 is 18.7 Å². The number of ether oxygens (including phenoxy) is 1. The first-order chi connectivity index (χ1) is 22.2. The highest BCUT2D eigenvalue weighted by Gasteiger charge is 2.42. The molecular formula is C26H19F9N6O5S2. The van der Waals surface area contributed by atoms with Crippen LogP contribution < -0.4 is 20.5 Å². The number of carbonyl (C=O) groups is 1. The molecule has 0 spiro atoms. The Morgan fingerprint density at radius 3 is 2.17 bits per heavy atom. The molecule has 5 rings (SSSR count). The number of nitrogens with zero attached hydrogens (tertiary/aromatic N) is 5. The SMILES string of the molecule is O=C(NCc1ccc(OC(F)(F)F)cc1)[C@H]1CN(c2nn3c(=O)cc(C(F)(F)F)nc3s2)CCN1S(=O)(=O)c1ccc(C(F)(F)F)cc1. The van der Waals surface area contributed by atoms with Crippen LogP contribution in [-0.2, 0) is 33.7 Å². The van der Waals surface area contributed by atoms with Crippen LogP contribution in [0.1, 0.15) is 16.8 Å². The summed E-state index contributed by atoms with van der Waals surface area (Å²) in [6, 6.07) is 5.51. The van der Waals surface area contributed by atoms with Gasteiger partial charge in [-0.1, -0.05) is 23.5 Å². The summed E-state index contributed by atoms with van der Waals surface area (Å²) in [5, 5.41) is 6.34. The van der Waals surface area contributed by atoms with E-state index >= 15 is 0 Å². The number of aromatic nitrogens is 3. The number of alkyl halides is 9. The molecule has 0 aliphatic carbocycles. The number of fused-ring (bicyclic) bond motifs is 1. The summed E-state index contributed by atoms with van der Waals surface area (Å²) >= 11 is 0.555. The van der Waals surface area contributed by atoms with Crippen LogP contribution in [0.5, 0.6) is 5.75 Å². The van der Waals surface area contributed by atoms with Gasteiger partial charge in [0.2, 0.25) is 26.0 Å². The summed E-state index contributed by atoms with van der Waals surface area (Å²) in [7, 11) is -4.64. The predicted octanol–water partition coefficient (Wildman–Crippen LogP) is 4.28. The molecule has 1 saturated heterocycles. The van der Waals surface area contributed by atoms with E-state index in [0.29, 0.717) is 40.1 Å². The number of benzene rings is 2. The topological polar surface area (TPSA) is 126 Å². The Labute approximate surface area is 267 Å².